The van der Waals surface area contributed by atoms with Crippen molar-refractivity contribution in [3.8, 4) is 5.75 Å². The number of esters is 1. The van der Waals surface area contributed by atoms with Crippen LogP contribution >= 0.6 is 0 Å². The van der Waals surface area contributed by atoms with Gasteiger partial charge in [-0.15, -0.1) is 0 Å². The number of benzene rings is 2. The predicted molar refractivity (Wildman–Crippen MR) is 84.1 cm³/mol. The monoisotopic (exact) mass is 307 g/mol. The highest BCUT2D eigenvalue weighted by Gasteiger charge is 2.14. The number of para-hydroxylation sites is 1. The Morgan fingerprint density at radius 1 is 1.26 bits per heavy atom. The van der Waals surface area contributed by atoms with Crippen LogP contribution in [0.25, 0.3) is 22.0 Å². The molecule has 6 heteroatoms. The number of hydrogen-bond acceptors (Lipinski definition) is 5. The number of carbonyl (C=O) groups excluding carboxylic acids is 1. The second-order valence-corrected chi connectivity index (χ2v) is 5.28. The van der Waals surface area contributed by atoms with Gasteiger partial charge in [-0.1, -0.05) is 17.3 Å². The van der Waals surface area contributed by atoms with Crippen LogP contribution in [0.1, 0.15) is 5.69 Å². The van der Waals surface area contributed by atoms with Crippen molar-refractivity contribution >= 4 is 28.0 Å². The predicted octanol–water partition coefficient (Wildman–Crippen LogP) is 2.86. The van der Waals surface area contributed by atoms with Gasteiger partial charge in [0.15, 0.2) is 5.58 Å². The summed E-state index contributed by atoms with van der Waals surface area (Å²) in [7, 11) is 1.91. The molecule has 0 fully saturated rings. The van der Waals surface area contributed by atoms with Gasteiger partial charge in [-0.3, -0.25) is 4.79 Å². The lowest BCUT2D eigenvalue weighted by Gasteiger charge is -2.03. The average Bonchev–Trinajstić information content (AvgIpc) is 3.12. The lowest BCUT2D eigenvalue weighted by atomic mass is 10.2. The standard InChI is InChI=1S/C17H13N3O3/c1-20-10-18-14-8-11(6-7-15(14)20)22-17(21)9-13-12-4-2-3-5-16(12)23-19-13/h2-8,10H,9H2,1H3. The minimum absolute atomic E-state index is 0.0528. The molecular weight excluding hydrogens is 294 g/mol. The van der Waals surface area contributed by atoms with E-state index in [2.05, 4.69) is 10.1 Å². The highest BCUT2D eigenvalue weighted by molar-refractivity contribution is 5.85. The Labute approximate surface area is 131 Å². The molecule has 0 bridgehead atoms. The first-order valence-corrected chi connectivity index (χ1v) is 7.16. The van der Waals surface area contributed by atoms with E-state index in [1.807, 2.05) is 41.9 Å². The van der Waals surface area contributed by atoms with Gasteiger partial charge >= 0.3 is 5.97 Å². The second-order valence-electron chi connectivity index (χ2n) is 5.28. The van der Waals surface area contributed by atoms with E-state index in [0.29, 0.717) is 17.0 Å². The van der Waals surface area contributed by atoms with E-state index in [-0.39, 0.29) is 12.4 Å². The van der Waals surface area contributed by atoms with Crippen LogP contribution in [0.2, 0.25) is 0 Å². The van der Waals surface area contributed by atoms with Gasteiger partial charge in [0, 0.05) is 18.5 Å². The van der Waals surface area contributed by atoms with Crippen LogP contribution in [-0.2, 0) is 18.3 Å². The number of fused-ring (bicyclic) bond motifs is 2. The first-order valence-electron chi connectivity index (χ1n) is 7.16. The van der Waals surface area contributed by atoms with E-state index in [1.165, 1.54) is 0 Å². The van der Waals surface area contributed by atoms with Crippen molar-refractivity contribution in [1.82, 2.24) is 14.7 Å². The Balaban J connectivity index is 1.54. The molecule has 0 unspecified atom stereocenters. The van der Waals surface area contributed by atoms with E-state index in [4.69, 9.17) is 9.26 Å². The molecule has 0 aliphatic carbocycles. The van der Waals surface area contributed by atoms with Crippen molar-refractivity contribution in [2.45, 2.75) is 6.42 Å². The largest absolute Gasteiger partial charge is 0.426 e. The topological polar surface area (TPSA) is 70.2 Å². The summed E-state index contributed by atoms with van der Waals surface area (Å²) in [5, 5.41) is 4.76. The maximum Gasteiger partial charge on any atom is 0.317 e. The summed E-state index contributed by atoms with van der Waals surface area (Å²) >= 11 is 0. The van der Waals surface area contributed by atoms with E-state index < -0.39 is 0 Å². The third-order valence-electron chi connectivity index (χ3n) is 3.69. The quantitative estimate of drug-likeness (QED) is 0.430. The summed E-state index contributed by atoms with van der Waals surface area (Å²) < 4.78 is 12.5. The average molecular weight is 307 g/mol. The summed E-state index contributed by atoms with van der Waals surface area (Å²) in [4.78, 5) is 16.4. The molecule has 2 heterocycles. The zero-order chi connectivity index (χ0) is 15.8. The molecule has 6 nitrogen and oxygen atoms in total. The maximum absolute atomic E-state index is 12.1. The Morgan fingerprint density at radius 3 is 3.04 bits per heavy atom. The van der Waals surface area contributed by atoms with Crippen LogP contribution in [0, 0.1) is 0 Å². The first-order chi connectivity index (χ1) is 11.2. The number of nitrogens with zero attached hydrogens (tertiary/aromatic N) is 3. The van der Waals surface area contributed by atoms with Gasteiger partial charge in [-0.05, 0) is 24.3 Å². The van der Waals surface area contributed by atoms with Crippen LogP contribution in [0.5, 0.6) is 5.75 Å². The first kappa shape index (κ1) is 13.5. The maximum atomic E-state index is 12.1. The molecule has 0 saturated heterocycles. The fraction of sp³-hybridized carbons (Fsp3) is 0.118. The molecule has 0 saturated carbocycles. The fourth-order valence-corrected chi connectivity index (χ4v) is 2.55. The highest BCUT2D eigenvalue weighted by atomic mass is 16.5. The minimum Gasteiger partial charge on any atom is -0.426 e. The zero-order valence-electron chi connectivity index (χ0n) is 12.4. The molecule has 4 aromatic rings. The SMILES string of the molecule is Cn1cnc2cc(OC(=O)Cc3noc4ccccc34)ccc21. The van der Waals surface area contributed by atoms with Crippen LogP contribution in [-0.4, -0.2) is 20.7 Å². The number of ether oxygens (including phenoxy) is 1. The summed E-state index contributed by atoms with van der Waals surface area (Å²) in [6, 6.07) is 12.8. The number of aromatic nitrogens is 3. The Kier molecular flexibility index (Phi) is 3.08. The molecule has 0 spiro atoms. The lowest BCUT2D eigenvalue weighted by molar-refractivity contribution is -0.133. The third-order valence-corrected chi connectivity index (χ3v) is 3.69. The second kappa shape index (κ2) is 5.24. The van der Waals surface area contributed by atoms with E-state index in [9.17, 15) is 4.79 Å². The number of aryl methyl sites for hydroxylation is 1. The van der Waals surface area contributed by atoms with Crippen molar-refractivity contribution in [3.05, 3.63) is 54.5 Å². The molecule has 114 valence electrons. The fourth-order valence-electron chi connectivity index (χ4n) is 2.55. The molecule has 0 aliphatic rings. The number of imidazole rings is 1. The molecule has 2 aromatic heterocycles. The molecule has 0 amide bonds. The Morgan fingerprint density at radius 2 is 2.13 bits per heavy atom. The Hall–Kier alpha value is -3.15. The van der Waals surface area contributed by atoms with Gasteiger partial charge < -0.3 is 13.8 Å². The van der Waals surface area contributed by atoms with Crippen LogP contribution in [0.15, 0.2) is 53.3 Å². The van der Waals surface area contributed by atoms with Gasteiger partial charge in [-0.25, -0.2) is 4.98 Å². The molecule has 23 heavy (non-hydrogen) atoms. The zero-order valence-corrected chi connectivity index (χ0v) is 12.4. The van der Waals surface area contributed by atoms with Crippen LogP contribution in [0.3, 0.4) is 0 Å². The van der Waals surface area contributed by atoms with Gasteiger partial charge in [0.1, 0.15) is 11.4 Å². The van der Waals surface area contributed by atoms with E-state index >= 15 is 0 Å². The number of rotatable bonds is 3. The summed E-state index contributed by atoms with van der Waals surface area (Å²) in [6.45, 7) is 0. The van der Waals surface area contributed by atoms with Crippen molar-refractivity contribution in [1.29, 1.82) is 0 Å². The van der Waals surface area contributed by atoms with Gasteiger partial charge in [0.2, 0.25) is 0 Å². The number of carbonyl (C=O) groups is 1. The van der Waals surface area contributed by atoms with Gasteiger partial charge in [-0.2, -0.15) is 0 Å². The van der Waals surface area contributed by atoms with Gasteiger partial charge in [0.25, 0.3) is 0 Å². The molecule has 0 atom stereocenters. The van der Waals surface area contributed by atoms with Gasteiger partial charge in [0.05, 0.1) is 23.8 Å². The van der Waals surface area contributed by atoms with E-state index in [1.54, 1.807) is 18.5 Å². The minimum atomic E-state index is -0.390. The van der Waals surface area contributed by atoms with Crippen molar-refractivity contribution in [3.63, 3.8) is 0 Å². The van der Waals surface area contributed by atoms with Crippen LogP contribution in [0.4, 0.5) is 0 Å². The van der Waals surface area contributed by atoms with Crippen LogP contribution < -0.4 is 4.74 Å². The number of hydrogen-bond donors (Lipinski definition) is 0. The Bertz CT molecular complexity index is 1020. The summed E-state index contributed by atoms with van der Waals surface area (Å²) in [6.07, 6.45) is 1.77. The normalized spacial score (nSPS) is 11.2. The lowest BCUT2D eigenvalue weighted by Crippen LogP contribution is -2.11. The molecule has 4 rings (SSSR count). The molecule has 0 radical (unpaired) electrons. The molecule has 2 aromatic carbocycles. The third kappa shape index (κ3) is 2.44. The van der Waals surface area contributed by atoms with Crippen molar-refractivity contribution in [2.24, 2.45) is 7.05 Å². The molecule has 0 aliphatic heterocycles. The smallest absolute Gasteiger partial charge is 0.317 e. The van der Waals surface area contributed by atoms with E-state index in [0.717, 1.165) is 16.4 Å². The molecule has 0 N–H and O–H groups in total. The summed E-state index contributed by atoms with van der Waals surface area (Å²) in [5.41, 5.74) is 2.99. The van der Waals surface area contributed by atoms with Crippen molar-refractivity contribution in [2.75, 3.05) is 0 Å². The summed E-state index contributed by atoms with van der Waals surface area (Å²) in [5.74, 6) is 0.0772. The van der Waals surface area contributed by atoms with Crippen molar-refractivity contribution < 1.29 is 14.1 Å². The molecular formula is C17H13N3O3. The highest BCUT2D eigenvalue weighted by Crippen LogP contribution is 2.21.